The predicted octanol–water partition coefficient (Wildman–Crippen LogP) is 2.98. The summed E-state index contributed by atoms with van der Waals surface area (Å²) in [4.78, 5) is 19.6. The monoisotopic (exact) mass is 411 g/mol. The molecular weight excluding hydrogens is 385 g/mol. The van der Waals surface area contributed by atoms with Gasteiger partial charge in [-0.15, -0.1) is 0 Å². The molecule has 158 valence electrons. The van der Waals surface area contributed by atoms with Crippen molar-refractivity contribution in [3.8, 4) is 11.5 Å². The van der Waals surface area contributed by atoms with E-state index in [9.17, 15) is 9.18 Å². The summed E-state index contributed by atoms with van der Waals surface area (Å²) in [7, 11) is 0. The maximum Gasteiger partial charge on any atom is 0.254 e. The Kier molecular flexibility index (Phi) is 5.21. The van der Waals surface area contributed by atoms with Crippen LogP contribution in [0.4, 0.5) is 10.1 Å². The zero-order valence-electron chi connectivity index (χ0n) is 16.9. The van der Waals surface area contributed by atoms with Crippen molar-refractivity contribution in [3.63, 3.8) is 0 Å². The molecule has 30 heavy (non-hydrogen) atoms. The van der Waals surface area contributed by atoms with Crippen LogP contribution >= 0.6 is 0 Å². The minimum absolute atomic E-state index is 0.0444. The Balaban J connectivity index is 1.21. The maximum atomic E-state index is 14.1. The Hall–Kier alpha value is -2.80. The van der Waals surface area contributed by atoms with E-state index in [0.717, 1.165) is 52.1 Å². The molecule has 2 aromatic carbocycles. The SMILES string of the molecule is O=C(c1ccc2c(c1)OCO2)N1CCCC(N2CCN(c3ccccc3F)CC2)C1. The number of hydrogen-bond acceptors (Lipinski definition) is 5. The van der Waals surface area contributed by atoms with Crippen molar-refractivity contribution in [1.82, 2.24) is 9.80 Å². The molecule has 2 saturated heterocycles. The highest BCUT2D eigenvalue weighted by molar-refractivity contribution is 5.95. The third-order valence-electron chi connectivity index (χ3n) is 6.33. The number of amides is 1. The van der Waals surface area contributed by atoms with Crippen molar-refractivity contribution in [2.24, 2.45) is 0 Å². The summed E-state index contributed by atoms with van der Waals surface area (Å²) in [5.74, 6) is 1.21. The highest BCUT2D eigenvalue weighted by atomic mass is 19.1. The van der Waals surface area contributed by atoms with Gasteiger partial charge < -0.3 is 19.3 Å². The normalized spacial score (nSPS) is 21.7. The number of hydrogen-bond donors (Lipinski definition) is 0. The van der Waals surface area contributed by atoms with E-state index >= 15 is 0 Å². The van der Waals surface area contributed by atoms with Crippen molar-refractivity contribution in [2.75, 3.05) is 51.0 Å². The molecule has 1 amide bonds. The first kappa shape index (κ1) is 19.2. The van der Waals surface area contributed by atoms with Crippen LogP contribution in [0.15, 0.2) is 42.5 Å². The van der Waals surface area contributed by atoms with E-state index in [0.29, 0.717) is 28.8 Å². The number of nitrogens with zero attached hydrogens (tertiary/aromatic N) is 3. The minimum Gasteiger partial charge on any atom is -0.454 e. The molecule has 0 radical (unpaired) electrons. The summed E-state index contributed by atoms with van der Waals surface area (Å²) in [6, 6.07) is 12.7. The van der Waals surface area contributed by atoms with Gasteiger partial charge in [0.2, 0.25) is 6.79 Å². The Morgan fingerprint density at radius 3 is 2.60 bits per heavy atom. The molecule has 0 aromatic heterocycles. The number of benzene rings is 2. The van der Waals surface area contributed by atoms with Gasteiger partial charge in [-0.2, -0.15) is 0 Å². The van der Waals surface area contributed by atoms with E-state index in [1.807, 2.05) is 23.1 Å². The molecule has 1 unspecified atom stereocenters. The second-order valence-corrected chi connectivity index (χ2v) is 8.09. The zero-order chi connectivity index (χ0) is 20.5. The second-order valence-electron chi connectivity index (χ2n) is 8.09. The summed E-state index contributed by atoms with van der Waals surface area (Å²) >= 11 is 0. The van der Waals surface area contributed by atoms with Crippen LogP contribution in [0.2, 0.25) is 0 Å². The zero-order valence-corrected chi connectivity index (χ0v) is 16.9. The lowest BCUT2D eigenvalue weighted by Crippen LogP contribution is -2.56. The fraction of sp³-hybridized carbons (Fsp3) is 0.435. The number of anilines is 1. The fourth-order valence-corrected chi connectivity index (χ4v) is 4.69. The van der Waals surface area contributed by atoms with Gasteiger partial charge in [0.25, 0.3) is 5.91 Å². The third-order valence-corrected chi connectivity index (χ3v) is 6.33. The molecule has 2 aromatic rings. The molecule has 2 fully saturated rings. The maximum absolute atomic E-state index is 14.1. The Morgan fingerprint density at radius 1 is 0.967 bits per heavy atom. The van der Waals surface area contributed by atoms with Crippen LogP contribution < -0.4 is 14.4 Å². The summed E-state index contributed by atoms with van der Waals surface area (Å²) in [5.41, 5.74) is 1.32. The fourth-order valence-electron chi connectivity index (χ4n) is 4.69. The van der Waals surface area contributed by atoms with Gasteiger partial charge in [-0.25, -0.2) is 4.39 Å². The first-order valence-corrected chi connectivity index (χ1v) is 10.6. The van der Waals surface area contributed by atoms with Crippen LogP contribution in [0.5, 0.6) is 11.5 Å². The van der Waals surface area contributed by atoms with Gasteiger partial charge >= 0.3 is 0 Å². The van der Waals surface area contributed by atoms with E-state index in [2.05, 4.69) is 9.80 Å². The van der Waals surface area contributed by atoms with Gasteiger partial charge in [-0.05, 0) is 43.2 Å². The molecule has 6 nitrogen and oxygen atoms in total. The van der Waals surface area contributed by atoms with Crippen molar-refractivity contribution < 1.29 is 18.7 Å². The van der Waals surface area contributed by atoms with Gasteiger partial charge in [-0.1, -0.05) is 12.1 Å². The van der Waals surface area contributed by atoms with E-state index in [4.69, 9.17) is 9.47 Å². The summed E-state index contributed by atoms with van der Waals surface area (Å²) < 4.78 is 24.9. The largest absolute Gasteiger partial charge is 0.454 e. The smallest absolute Gasteiger partial charge is 0.254 e. The number of carbonyl (C=O) groups is 1. The van der Waals surface area contributed by atoms with Gasteiger partial charge in [0.15, 0.2) is 11.5 Å². The number of halogens is 1. The Morgan fingerprint density at radius 2 is 1.77 bits per heavy atom. The van der Waals surface area contributed by atoms with E-state index in [1.165, 1.54) is 6.07 Å². The molecule has 5 rings (SSSR count). The third kappa shape index (κ3) is 3.69. The molecule has 3 aliphatic rings. The van der Waals surface area contributed by atoms with Gasteiger partial charge in [0.1, 0.15) is 5.82 Å². The number of likely N-dealkylation sites (tertiary alicyclic amines) is 1. The molecule has 1 atom stereocenters. The van der Waals surface area contributed by atoms with Gasteiger partial charge in [0.05, 0.1) is 5.69 Å². The lowest BCUT2D eigenvalue weighted by molar-refractivity contribution is 0.0563. The predicted molar refractivity (Wildman–Crippen MR) is 112 cm³/mol. The first-order valence-electron chi connectivity index (χ1n) is 10.6. The van der Waals surface area contributed by atoms with Crippen LogP contribution in [-0.2, 0) is 0 Å². The number of piperazine rings is 1. The number of carbonyl (C=O) groups excluding carboxylic acids is 1. The lowest BCUT2D eigenvalue weighted by atomic mass is 10.0. The van der Waals surface area contributed by atoms with E-state index < -0.39 is 0 Å². The quantitative estimate of drug-likeness (QED) is 0.777. The van der Waals surface area contributed by atoms with Crippen LogP contribution in [0, 0.1) is 5.82 Å². The van der Waals surface area contributed by atoms with Crippen molar-refractivity contribution in [1.29, 1.82) is 0 Å². The van der Waals surface area contributed by atoms with Crippen molar-refractivity contribution in [2.45, 2.75) is 18.9 Å². The Labute approximate surface area is 175 Å². The van der Waals surface area contributed by atoms with Crippen LogP contribution in [0.3, 0.4) is 0 Å². The molecule has 3 aliphatic heterocycles. The average molecular weight is 411 g/mol. The molecular formula is C23H26FN3O3. The van der Waals surface area contributed by atoms with Crippen molar-refractivity contribution >= 4 is 11.6 Å². The summed E-state index contributed by atoms with van der Waals surface area (Å²) in [6.45, 7) is 5.07. The van der Waals surface area contributed by atoms with E-state index in [-0.39, 0.29) is 18.5 Å². The van der Waals surface area contributed by atoms with E-state index in [1.54, 1.807) is 18.2 Å². The van der Waals surface area contributed by atoms with Gasteiger partial charge in [-0.3, -0.25) is 9.69 Å². The average Bonchev–Trinajstić information content (AvgIpc) is 3.27. The summed E-state index contributed by atoms with van der Waals surface area (Å²) in [6.07, 6.45) is 2.08. The number of rotatable bonds is 3. The number of ether oxygens (including phenoxy) is 2. The number of fused-ring (bicyclic) bond motifs is 1. The topological polar surface area (TPSA) is 45.3 Å². The lowest BCUT2D eigenvalue weighted by Gasteiger charge is -2.44. The summed E-state index contributed by atoms with van der Waals surface area (Å²) in [5, 5.41) is 0. The van der Waals surface area contributed by atoms with Crippen LogP contribution in [0.25, 0.3) is 0 Å². The Bertz CT molecular complexity index is 930. The molecule has 0 bridgehead atoms. The second kappa shape index (κ2) is 8.14. The standard InChI is InChI=1S/C23H26FN3O3/c24-19-5-1-2-6-20(19)26-12-10-25(11-13-26)18-4-3-9-27(15-18)23(28)17-7-8-21-22(14-17)30-16-29-21/h1-2,5-8,14,18H,3-4,9-13,15-16H2. The minimum atomic E-state index is -0.163. The first-order chi connectivity index (χ1) is 14.7. The molecule has 3 heterocycles. The highest BCUT2D eigenvalue weighted by Crippen LogP contribution is 2.33. The molecule has 0 aliphatic carbocycles. The van der Waals surface area contributed by atoms with Gasteiger partial charge in [0, 0.05) is 50.9 Å². The van der Waals surface area contributed by atoms with Crippen LogP contribution in [-0.4, -0.2) is 67.8 Å². The van der Waals surface area contributed by atoms with Crippen LogP contribution in [0.1, 0.15) is 23.2 Å². The highest BCUT2D eigenvalue weighted by Gasteiger charge is 2.31. The molecule has 0 spiro atoms. The van der Waals surface area contributed by atoms with Crippen molar-refractivity contribution in [3.05, 3.63) is 53.8 Å². The molecule has 7 heteroatoms. The molecule has 0 N–H and O–H groups in total. The number of para-hydroxylation sites is 1. The number of piperidine rings is 1. The molecule has 0 saturated carbocycles.